The summed E-state index contributed by atoms with van der Waals surface area (Å²) < 4.78 is 71.5. The molecule has 3 rings (SSSR count). The molecule has 0 spiro atoms. The largest absolute Gasteiger partial charge is 0.416 e. The minimum absolute atomic E-state index is 0.0190. The van der Waals surface area contributed by atoms with E-state index in [0.717, 1.165) is 16.4 Å². The first-order valence-corrected chi connectivity index (χ1v) is 8.02. The number of nitrogens with zero attached hydrogens (tertiary/aromatic N) is 3. The molecule has 0 unspecified atom stereocenters. The Morgan fingerprint density at radius 2 is 1.83 bits per heavy atom. The van der Waals surface area contributed by atoms with Gasteiger partial charge < -0.3 is 0 Å². The molecule has 6 nitrogen and oxygen atoms in total. The van der Waals surface area contributed by atoms with Gasteiger partial charge in [-0.25, -0.2) is 4.68 Å². The molecular formula is C13H12F3N3O3S. The summed E-state index contributed by atoms with van der Waals surface area (Å²) >= 11 is 0. The third-order valence-electron chi connectivity index (χ3n) is 3.67. The molecule has 0 radical (unpaired) electrons. The minimum Gasteiger partial charge on any atom is -0.273 e. The summed E-state index contributed by atoms with van der Waals surface area (Å²) in [6.45, 7) is 0.0625. The van der Waals surface area contributed by atoms with Crippen molar-refractivity contribution in [1.82, 2.24) is 14.1 Å². The van der Waals surface area contributed by atoms with E-state index in [4.69, 9.17) is 4.55 Å². The number of fused-ring (bicyclic) bond motifs is 1. The van der Waals surface area contributed by atoms with Crippen molar-refractivity contribution in [2.24, 2.45) is 0 Å². The van der Waals surface area contributed by atoms with Crippen LogP contribution in [0.4, 0.5) is 13.2 Å². The molecule has 0 saturated carbocycles. The summed E-state index contributed by atoms with van der Waals surface area (Å²) in [5.41, 5.74) is 1.03. The van der Waals surface area contributed by atoms with E-state index in [1.807, 2.05) is 0 Å². The Balaban J connectivity index is 1.91. The van der Waals surface area contributed by atoms with Crippen LogP contribution in [0.25, 0.3) is 5.69 Å². The van der Waals surface area contributed by atoms with Gasteiger partial charge in [-0.05, 0) is 24.3 Å². The van der Waals surface area contributed by atoms with Crippen molar-refractivity contribution < 1.29 is 26.1 Å². The highest BCUT2D eigenvalue weighted by atomic mass is 32.2. The molecule has 0 fully saturated rings. The van der Waals surface area contributed by atoms with Crippen molar-refractivity contribution >= 4 is 10.3 Å². The number of rotatable bonds is 2. The van der Waals surface area contributed by atoms with Gasteiger partial charge in [0.05, 0.1) is 23.1 Å². The molecule has 1 N–H and O–H groups in total. The molecule has 0 amide bonds. The van der Waals surface area contributed by atoms with Crippen LogP contribution >= 0.6 is 0 Å². The smallest absolute Gasteiger partial charge is 0.273 e. The highest BCUT2D eigenvalue weighted by Gasteiger charge is 2.31. The monoisotopic (exact) mass is 347 g/mol. The number of aromatic nitrogens is 2. The van der Waals surface area contributed by atoms with E-state index in [9.17, 15) is 21.6 Å². The molecule has 2 aromatic rings. The van der Waals surface area contributed by atoms with Crippen molar-refractivity contribution in [3.05, 3.63) is 47.3 Å². The fourth-order valence-corrected chi connectivity index (χ4v) is 3.14. The molecule has 10 heteroatoms. The number of hydrogen-bond donors (Lipinski definition) is 1. The molecule has 2 heterocycles. The molecule has 0 saturated heterocycles. The first-order chi connectivity index (χ1) is 10.7. The van der Waals surface area contributed by atoms with Crippen LogP contribution in [0.1, 0.15) is 16.8 Å². The van der Waals surface area contributed by atoms with Crippen LogP contribution in [0.2, 0.25) is 0 Å². The molecule has 0 bridgehead atoms. The Bertz CT molecular complexity index is 828. The Hall–Kier alpha value is -1.91. The highest BCUT2D eigenvalue weighted by Crippen LogP contribution is 2.30. The van der Waals surface area contributed by atoms with Gasteiger partial charge in [-0.3, -0.25) is 4.55 Å². The molecule has 0 atom stereocenters. The van der Waals surface area contributed by atoms with Crippen molar-refractivity contribution in [2.75, 3.05) is 6.54 Å². The van der Waals surface area contributed by atoms with Crippen LogP contribution in [0.3, 0.4) is 0 Å². The van der Waals surface area contributed by atoms with Crippen molar-refractivity contribution in [3.8, 4) is 5.69 Å². The number of hydrogen-bond acceptors (Lipinski definition) is 3. The zero-order chi connectivity index (χ0) is 16.8. The van der Waals surface area contributed by atoms with Crippen LogP contribution < -0.4 is 0 Å². The quantitative estimate of drug-likeness (QED) is 0.844. The lowest BCUT2D eigenvalue weighted by molar-refractivity contribution is -0.137. The standard InChI is InChI=1S/C13H12F3N3O3S/c14-13(15,16)10-1-3-11(4-2-10)19-12-5-6-18(23(20,21)22)8-9(12)7-17-19/h1-4,7H,5-6,8H2,(H,20,21,22). The van der Waals surface area contributed by atoms with Crippen LogP contribution in [-0.4, -0.2) is 33.6 Å². The second-order valence-electron chi connectivity index (χ2n) is 5.13. The summed E-state index contributed by atoms with van der Waals surface area (Å²) in [6.07, 6.45) is -2.65. The number of benzene rings is 1. The third kappa shape index (κ3) is 3.09. The van der Waals surface area contributed by atoms with Gasteiger partial charge >= 0.3 is 16.5 Å². The van der Waals surface area contributed by atoms with E-state index in [1.54, 1.807) is 0 Å². The number of alkyl halides is 3. The van der Waals surface area contributed by atoms with Gasteiger partial charge in [0.15, 0.2) is 0 Å². The van der Waals surface area contributed by atoms with E-state index in [2.05, 4.69) is 5.10 Å². The molecule has 1 aliphatic heterocycles. The number of halogens is 3. The van der Waals surface area contributed by atoms with Crippen LogP contribution in [0.15, 0.2) is 30.5 Å². The van der Waals surface area contributed by atoms with Gasteiger partial charge in [-0.1, -0.05) is 0 Å². The fraction of sp³-hybridized carbons (Fsp3) is 0.308. The van der Waals surface area contributed by atoms with Gasteiger partial charge in [-0.15, -0.1) is 0 Å². The topological polar surface area (TPSA) is 75.4 Å². The second kappa shape index (κ2) is 5.32. The maximum absolute atomic E-state index is 12.6. The normalized spacial score (nSPS) is 16.3. The van der Waals surface area contributed by atoms with Crippen molar-refractivity contribution in [1.29, 1.82) is 0 Å². The predicted octanol–water partition coefficient (Wildman–Crippen LogP) is 2.05. The van der Waals surface area contributed by atoms with Crippen molar-refractivity contribution in [3.63, 3.8) is 0 Å². The predicted molar refractivity (Wildman–Crippen MR) is 74.2 cm³/mol. The summed E-state index contributed by atoms with van der Waals surface area (Å²) in [7, 11) is -4.27. The minimum atomic E-state index is -4.40. The molecule has 124 valence electrons. The lowest BCUT2D eigenvalue weighted by Crippen LogP contribution is -2.35. The lowest BCUT2D eigenvalue weighted by Gasteiger charge is -2.23. The molecule has 0 aliphatic carbocycles. The average molecular weight is 347 g/mol. The summed E-state index contributed by atoms with van der Waals surface area (Å²) in [4.78, 5) is 0. The van der Waals surface area contributed by atoms with E-state index in [1.165, 1.54) is 23.0 Å². The van der Waals surface area contributed by atoms with E-state index < -0.39 is 22.0 Å². The Morgan fingerprint density at radius 3 is 2.39 bits per heavy atom. The molecular weight excluding hydrogens is 335 g/mol. The van der Waals surface area contributed by atoms with Gasteiger partial charge in [0.25, 0.3) is 0 Å². The highest BCUT2D eigenvalue weighted by molar-refractivity contribution is 7.83. The second-order valence-corrected chi connectivity index (χ2v) is 6.55. The molecule has 1 aliphatic rings. The van der Waals surface area contributed by atoms with E-state index in [-0.39, 0.29) is 13.1 Å². The maximum atomic E-state index is 12.6. The van der Waals surface area contributed by atoms with Gasteiger partial charge in [-0.2, -0.15) is 31.0 Å². The SMILES string of the molecule is O=S(=O)(O)N1CCc2c(cnn2-c2ccc(C(F)(F)F)cc2)C1. The molecule has 1 aromatic carbocycles. The Morgan fingerprint density at radius 1 is 1.17 bits per heavy atom. The lowest BCUT2D eigenvalue weighted by atomic mass is 10.1. The van der Waals surface area contributed by atoms with Gasteiger partial charge in [0, 0.05) is 25.1 Å². The van der Waals surface area contributed by atoms with E-state index in [0.29, 0.717) is 23.4 Å². The Labute approximate surface area is 130 Å². The average Bonchev–Trinajstić information content (AvgIpc) is 2.88. The van der Waals surface area contributed by atoms with Crippen molar-refractivity contribution in [2.45, 2.75) is 19.1 Å². The zero-order valence-electron chi connectivity index (χ0n) is 11.7. The van der Waals surface area contributed by atoms with Gasteiger partial charge in [0.2, 0.25) is 0 Å². The molecule has 1 aromatic heterocycles. The van der Waals surface area contributed by atoms with E-state index >= 15 is 0 Å². The Kier molecular flexibility index (Phi) is 3.69. The van der Waals surface area contributed by atoms with Gasteiger partial charge in [0.1, 0.15) is 0 Å². The first-order valence-electron chi connectivity index (χ1n) is 6.62. The third-order valence-corrected chi connectivity index (χ3v) is 4.63. The fourth-order valence-electron chi connectivity index (χ4n) is 2.52. The maximum Gasteiger partial charge on any atom is 0.416 e. The molecule has 23 heavy (non-hydrogen) atoms. The first kappa shape index (κ1) is 16.0. The summed E-state index contributed by atoms with van der Waals surface area (Å²) in [5.74, 6) is 0. The van der Waals surface area contributed by atoms with Crippen LogP contribution in [0, 0.1) is 0 Å². The summed E-state index contributed by atoms with van der Waals surface area (Å²) in [5, 5.41) is 4.11. The van der Waals surface area contributed by atoms with Crippen LogP contribution in [-0.2, 0) is 29.4 Å². The zero-order valence-corrected chi connectivity index (χ0v) is 12.5. The van der Waals surface area contributed by atoms with Crippen LogP contribution in [0.5, 0.6) is 0 Å². The summed E-state index contributed by atoms with van der Waals surface area (Å²) in [6, 6.07) is 4.56.